The maximum absolute atomic E-state index is 13.0. The van der Waals surface area contributed by atoms with Crippen molar-refractivity contribution in [2.75, 3.05) is 18.0 Å². The predicted molar refractivity (Wildman–Crippen MR) is 127 cm³/mol. The minimum Gasteiger partial charge on any atom is -0.356 e. The molecule has 6 heteroatoms. The zero-order valence-electron chi connectivity index (χ0n) is 17.3. The number of pyridine rings is 1. The summed E-state index contributed by atoms with van der Waals surface area (Å²) in [6.45, 7) is 8.26. The van der Waals surface area contributed by atoms with Crippen molar-refractivity contribution in [2.45, 2.75) is 52.5 Å². The summed E-state index contributed by atoms with van der Waals surface area (Å²) >= 11 is 6.91. The van der Waals surface area contributed by atoms with E-state index in [0.29, 0.717) is 9.23 Å². The fraction of sp³-hybridized carbons (Fsp3) is 0.435. The highest BCUT2D eigenvalue weighted by molar-refractivity contribution is 8.26. The second-order valence-corrected chi connectivity index (χ2v) is 9.58. The van der Waals surface area contributed by atoms with E-state index in [1.165, 1.54) is 36.6 Å². The molecule has 3 heterocycles. The van der Waals surface area contributed by atoms with Gasteiger partial charge in [-0.25, -0.2) is 4.98 Å². The van der Waals surface area contributed by atoms with Crippen molar-refractivity contribution in [3.05, 3.63) is 40.3 Å². The van der Waals surface area contributed by atoms with Gasteiger partial charge in [0.05, 0.1) is 10.4 Å². The molecule has 4 rings (SSSR count). The first-order valence-corrected chi connectivity index (χ1v) is 11.6. The molecule has 2 saturated heterocycles. The lowest BCUT2D eigenvalue weighted by Gasteiger charge is -2.29. The molecule has 2 aromatic rings. The summed E-state index contributed by atoms with van der Waals surface area (Å²) in [6.07, 6.45) is 6.52. The predicted octanol–water partition coefficient (Wildman–Crippen LogP) is 5.53. The van der Waals surface area contributed by atoms with Crippen LogP contribution in [0, 0.1) is 6.92 Å². The van der Waals surface area contributed by atoms with Gasteiger partial charge in [0.2, 0.25) is 0 Å². The van der Waals surface area contributed by atoms with Crippen LogP contribution >= 0.6 is 24.0 Å². The van der Waals surface area contributed by atoms with E-state index in [1.807, 2.05) is 13.0 Å². The normalized spacial score (nSPS) is 20.2. The summed E-state index contributed by atoms with van der Waals surface area (Å²) in [7, 11) is 0. The van der Waals surface area contributed by atoms with Gasteiger partial charge in [0.25, 0.3) is 5.91 Å². The van der Waals surface area contributed by atoms with Crippen LogP contribution in [-0.4, -0.2) is 39.2 Å². The Morgan fingerprint density at radius 2 is 2.03 bits per heavy atom. The molecule has 1 amide bonds. The lowest BCUT2D eigenvalue weighted by atomic mass is 10.1. The highest BCUT2D eigenvalue weighted by Crippen LogP contribution is 2.37. The molecule has 0 spiro atoms. The van der Waals surface area contributed by atoms with Gasteiger partial charge in [0.15, 0.2) is 0 Å². The Bertz CT molecular complexity index is 995. The van der Waals surface area contributed by atoms with Crippen LogP contribution in [-0.2, 0) is 4.79 Å². The molecule has 0 bridgehead atoms. The second-order valence-electron chi connectivity index (χ2n) is 7.90. The van der Waals surface area contributed by atoms with Crippen molar-refractivity contribution in [2.24, 2.45) is 0 Å². The number of aromatic nitrogens is 1. The number of nitrogens with zero attached hydrogens (tertiary/aromatic N) is 3. The van der Waals surface area contributed by atoms with Gasteiger partial charge in [-0.1, -0.05) is 49.1 Å². The number of amides is 1. The molecular weight excluding hydrogens is 398 g/mol. The molecule has 1 unspecified atom stereocenters. The van der Waals surface area contributed by atoms with E-state index >= 15 is 0 Å². The van der Waals surface area contributed by atoms with Gasteiger partial charge in [-0.05, 0) is 57.2 Å². The number of anilines is 1. The molecule has 0 saturated carbocycles. The van der Waals surface area contributed by atoms with Gasteiger partial charge < -0.3 is 4.90 Å². The monoisotopic (exact) mass is 425 g/mol. The zero-order chi connectivity index (χ0) is 20.5. The highest BCUT2D eigenvalue weighted by Gasteiger charge is 2.35. The molecule has 0 aliphatic carbocycles. The fourth-order valence-corrected chi connectivity index (χ4v) is 5.46. The highest BCUT2D eigenvalue weighted by atomic mass is 32.2. The van der Waals surface area contributed by atoms with Crippen molar-refractivity contribution in [1.29, 1.82) is 0 Å². The molecule has 0 radical (unpaired) electrons. The maximum atomic E-state index is 13.0. The maximum Gasteiger partial charge on any atom is 0.266 e. The van der Waals surface area contributed by atoms with Crippen molar-refractivity contribution in [3.8, 4) is 0 Å². The first-order chi connectivity index (χ1) is 14.0. The molecule has 1 aromatic heterocycles. The van der Waals surface area contributed by atoms with E-state index in [-0.39, 0.29) is 11.9 Å². The van der Waals surface area contributed by atoms with Gasteiger partial charge in [0.1, 0.15) is 10.1 Å². The Morgan fingerprint density at radius 3 is 2.76 bits per heavy atom. The van der Waals surface area contributed by atoms with Crippen LogP contribution in [0.3, 0.4) is 0 Å². The third-order valence-electron chi connectivity index (χ3n) is 5.85. The van der Waals surface area contributed by atoms with Crippen LogP contribution in [0.25, 0.3) is 17.0 Å². The topological polar surface area (TPSA) is 36.4 Å². The second kappa shape index (κ2) is 8.44. The standard InChI is InChI=1S/C23H27N3OS2/c1-4-16(3)26-22(27)19(29-23(26)28)14-18-13-17-10-8-9-15(2)20(17)24-21(18)25-11-6-5-7-12-25/h8-10,13-14,16H,4-7,11-12H2,1-3H3/b19-14-. The van der Waals surface area contributed by atoms with E-state index in [1.54, 1.807) is 4.90 Å². The summed E-state index contributed by atoms with van der Waals surface area (Å²) in [4.78, 5) is 22.9. The molecule has 152 valence electrons. The molecule has 1 atom stereocenters. The van der Waals surface area contributed by atoms with Crippen LogP contribution in [0.1, 0.15) is 50.7 Å². The van der Waals surface area contributed by atoms with Crippen molar-refractivity contribution < 1.29 is 4.79 Å². The van der Waals surface area contributed by atoms with Gasteiger partial charge in [-0.2, -0.15) is 0 Å². The van der Waals surface area contributed by atoms with Gasteiger partial charge in [-0.3, -0.25) is 9.69 Å². The molecular formula is C23H27N3OS2. The number of thioether (sulfide) groups is 1. The van der Waals surface area contributed by atoms with Gasteiger partial charge in [0, 0.05) is 30.1 Å². The molecule has 1 aromatic carbocycles. The molecule has 4 nitrogen and oxygen atoms in total. The Hall–Kier alpha value is -1.92. The van der Waals surface area contributed by atoms with E-state index in [2.05, 4.69) is 43.0 Å². The molecule has 29 heavy (non-hydrogen) atoms. The van der Waals surface area contributed by atoms with Crippen molar-refractivity contribution in [1.82, 2.24) is 9.88 Å². The summed E-state index contributed by atoms with van der Waals surface area (Å²) < 4.78 is 0.653. The van der Waals surface area contributed by atoms with Crippen LogP contribution < -0.4 is 4.90 Å². The number of rotatable bonds is 4. The number of hydrogen-bond donors (Lipinski definition) is 0. The summed E-state index contributed by atoms with van der Waals surface area (Å²) in [6, 6.07) is 8.55. The lowest BCUT2D eigenvalue weighted by Crippen LogP contribution is -2.36. The Balaban J connectivity index is 1.81. The number of fused-ring (bicyclic) bond motifs is 1. The van der Waals surface area contributed by atoms with Gasteiger partial charge in [-0.15, -0.1) is 0 Å². The average Bonchev–Trinajstić information content (AvgIpc) is 3.01. The largest absolute Gasteiger partial charge is 0.356 e. The summed E-state index contributed by atoms with van der Waals surface area (Å²) in [5.41, 5.74) is 3.22. The average molecular weight is 426 g/mol. The van der Waals surface area contributed by atoms with E-state index in [4.69, 9.17) is 17.2 Å². The number of carbonyl (C=O) groups is 1. The number of carbonyl (C=O) groups excluding carboxylic acids is 1. The fourth-order valence-electron chi connectivity index (χ4n) is 4.00. The quantitative estimate of drug-likeness (QED) is 0.475. The number of benzene rings is 1. The Morgan fingerprint density at radius 1 is 1.28 bits per heavy atom. The van der Waals surface area contributed by atoms with Crippen LogP contribution in [0.2, 0.25) is 0 Å². The lowest BCUT2D eigenvalue weighted by molar-refractivity contribution is -0.123. The van der Waals surface area contributed by atoms with Crippen LogP contribution in [0.4, 0.5) is 5.82 Å². The molecule has 2 fully saturated rings. The summed E-state index contributed by atoms with van der Waals surface area (Å²) in [5.74, 6) is 1.00. The number of aryl methyl sites for hydroxylation is 1. The van der Waals surface area contributed by atoms with E-state index in [0.717, 1.165) is 41.8 Å². The van der Waals surface area contributed by atoms with Crippen molar-refractivity contribution in [3.63, 3.8) is 0 Å². The van der Waals surface area contributed by atoms with Crippen molar-refractivity contribution >= 4 is 57.0 Å². The first kappa shape index (κ1) is 20.4. The first-order valence-electron chi connectivity index (χ1n) is 10.4. The third-order valence-corrected chi connectivity index (χ3v) is 7.18. The van der Waals surface area contributed by atoms with Crippen LogP contribution in [0.5, 0.6) is 0 Å². The van der Waals surface area contributed by atoms with E-state index < -0.39 is 0 Å². The molecule has 0 N–H and O–H groups in total. The minimum absolute atomic E-state index is 0.0169. The van der Waals surface area contributed by atoms with E-state index in [9.17, 15) is 4.79 Å². The Labute approximate surface area is 182 Å². The zero-order valence-corrected chi connectivity index (χ0v) is 18.9. The number of para-hydroxylation sites is 1. The smallest absolute Gasteiger partial charge is 0.266 e. The molecule has 2 aliphatic rings. The summed E-state index contributed by atoms with van der Waals surface area (Å²) in [5, 5.41) is 1.11. The number of hydrogen-bond acceptors (Lipinski definition) is 5. The van der Waals surface area contributed by atoms with Crippen LogP contribution in [0.15, 0.2) is 29.2 Å². The number of piperidine rings is 1. The minimum atomic E-state index is 0.0169. The SMILES string of the molecule is CCC(C)N1C(=O)/C(=C/c2cc3cccc(C)c3nc2N2CCCCC2)SC1=S. The molecule has 2 aliphatic heterocycles. The van der Waals surface area contributed by atoms with Gasteiger partial charge >= 0.3 is 0 Å². The third kappa shape index (κ3) is 3.92. The Kier molecular flexibility index (Phi) is 5.93. The number of thiocarbonyl (C=S) groups is 1.